The van der Waals surface area contributed by atoms with Crippen LogP contribution in [0.4, 0.5) is 0 Å². The summed E-state index contributed by atoms with van der Waals surface area (Å²) in [5.74, 6) is 0.708. The molecule has 4 heteroatoms. The van der Waals surface area contributed by atoms with Crippen LogP contribution >= 0.6 is 11.6 Å². The quantitative estimate of drug-likeness (QED) is 0.855. The third kappa shape index (κ3) is 1.64. The topological polar surface area (TPSA) is 55.5 Å². The number of ether oxygens (including phenoxy) is 1. The lowest BCUT2D eigenvalue weighted by molar-refractivity contribution is 0.403. The van der Waals surface area contributed by atoms with E-state index >= 15 is 0 Å². The summed E-state index contributed by atoms with van der Waals surface area (Å²) in [6, 6.07) is 3.34. The van der Waals surface area contributed by atoms with E-state index in [0.29, 0.717) is 10.8 Å². The number of hydrogen-bond acceptors (Lipinski definition) is 3. The molecule has 3 nitrogen and oxygen atoms in total. The van der Waals surface area contributed by atoms with Crippen LogP contribution in [0, 0.1) is 0 Å². The van der Waals surface area contributed by atoms with Crippen LogP contribution in [0.2, 0.25) is 5.02 Å². The summed E-state index contributed by atoms with van der Waals surface area (Å²) in [6.45, 7) is 1.96. The molecule has 88 valence electrons. The Hall–Kier alpha value is -0.930. The van der Waals surface area contributed by atoms with E-state index in [0.717, 1.165) is 18.4 Å². The van der Waals surface area contributed by atoms with Gasteiger partial charge in [-0.15, -0.1) is 0 Å². The monoisotopic (exact) mass is 241 g/mol. The minimum atomic E-state index is -0.0972. The Labute approximate surface area is 100 Å². The highest BCUT2D eigenvalue weighted by Crippen LogP contribution is 2.54. The Bertz CT molecular complexity index is 414. The SMILES string of the molecule is COc1cc(O)c(C2(C(C)N)CC2)cc1Cl. The maximum atomic E-state index is 9.98. The van der Waals surface area contributed by atoms with E-state index in [-0.39, 0.29) is 17.2 Å². The highest BCUT2D eigenvalue weighted by molar-refractivity contribution is 6.32. The Morgan fingerprint density at radius 1 is 1.50 bits per heavy atom. The van der Waals surface area contributed by atoms with Crippen molar-refractivity contribution < 1.29 is 9.84 Å². The molecule has 2 rings (SSSR count). The fourth-order valence-corrected chi connectivity index (χ4v) is 2.44. The summed E-state index contributed by atoms with van der Waals surface area (Å²) in [5, 5.41) is 10.5. The standard InChI is InChI=1S/C12H16ClNO2/c1-7(14)12(3-4-12)8-5-9(13)11(16-2)6-10(8)15/h5-7,15H,3-4,14H2,1-2H3. The van der Waals surface area contributed by atoms with Crippen molar-refractivity contribution >= 4 is 11.6 Å². The van der Waals surface area contributed by atoms with E-state index < -0.39 is 0 Å². The normalized spacial score (nSPS) is 19.2. The lowest BCUT2D eigenvalue weighted by Gasteiger charge is -2.22. The maximum absolute atomic E-state index is 9.98. The highest BCUT2D eigenvalue weighted by atomic mass is 35.5. The first-order valence-corrected chi connectivity index (χ1v) is 5.71. The van der Waals surface area contributed by atoms with E-state index in [1.165, 1.54) is 7.11 Å². The van der Waals surface area contributed by atoms with Crippen molar-refractivity contribution in [3.05, 3.63) is 22.7 Å². The molecule has 0 amide bonds. The van der Waals surface area contributed by atoms with Crippen LogP contribution in [-0.4, -0.2) is 18.3 Å². The van der Waals surface area contributed by atoms with Gasteiger partial charge in [0.1, 0.15) is 11.5 Å². The fourth-order valence-electron chi connectivity index (χ4n) is 2.20. The molecule has 1 fully saturated rings. The summed E-state index contributed by atoms with van der Waals surface area (Å²) < 4.78 is 5.05. The molecule has 0 heterocycles. The maximum Gasteiger partial charge on any atom is 0.141 e. The number of benzene rings is 1. The molecule has 1 saturated carbocycles. The van der Waals surface area contributed by atoms with Crippen LogP contribution < -0.4 is 10.5 Å². The number of nitrogens with two attached hydrogens (primary N) is 1. The number of rotatable bonds is 3. The molecule has 1 unspecified atom stereocenters. The number of aromatic hydroxyl groups is 1. The van der Waals surface area contributed by atoms with Crippen molar-refractivity contribution in [3.8, 4) is 11.5 Å². The Kier molecular flexibility index (Phi) is 2.76. The molecule has 3 N–H and O–H groups in total. The van der Waals surface area contributed by atoms with Gasteiger partial charge in [0, 0.05) is 23.1 Å². The molecule has 0 aromatic heterocycles. The zero-order chi connectivity index (χ0) is 11.9. The molecular formula is C12H16ClNO2. The minimum Gasteiger partial charge on any atom is -0.508 e. The molecule has 0 spiro atoms. The van der Waals surface area contributed by atoms with E-state index in [1.807, 2.05) is 6.92 Å². The van der Waals surface area contributed by atoms with Crippen LogP contribution in [0.15, 0.2) is 12.1 Å². The molecule has 0 bridgehead atoms. The largest absolute Gasteiger partial charge is 0.508 e. The van der Waals surface area contributed by atoms with Crippen molar-refractivity contribution in [1.29, 1.82) is 0 Å². The van der Waals surface area contributed by atoms with Gasteiger partial charge in [-0.05, 0) is 25.8 Å². The Morgan fingerprint density at radius 2 is 2.12 bits per heavy atom. The minimum absolute atomic E-state index is 0.0165. The molecule has 0 saturated heterocycles. The summed E-state index contributed by atoms with van der Waals surface area (Å²) >= 11 is 6.06. The second-order valence-corrected chi connectivity index (χ2v) is 4.86. The smallest absolute Gasteiger partial charge is 0.141 e. The summed E-state index contributed by atoms with van der Waals surface area (Å²) in [7, 11) is 1.53. The lowest BCUT2D eigenvalue weighted by atomic mass is 9.88. The van der Waals surface area contributed by atoms with Crippen LogP contribution in [0.3, 0.4) is 0 Å². The van der Waals surface area contributed by atoms with E-state index in [4.69, 9.17) is 22.1 Å². The van der Waals surface area contributed by atoms with Crippen LogP contribution in [0.25, 0.3) is 0 Å². The predicted molar refractivity (Wildman–Crippen MR) is 64.2 cm³/mol. The molecule has 16 heavy (non-hydrogen) atoms. The van der Waals surface area contributed by atoms with Gasteiger partial charge in [-0.1, -0.05) is 11.6 Å². The van der Waals surface area contributed by atoms with Gasteiger partial charge in [0.25, 0.3) is 0 Å². The van der Waals surface area contributed by atoms with Crippen molar-refractivity contribution in [2.75, 3.05) is 7.11 Å². The van der Waals surface area contributed by atoms with E-state index in [1.54, 1.807) is 12.1 Å². The van der Waals surface area contributed by atoms with Crippen molar-refractivity contribution in [3.63, 3.8) is 0 Å². The van der Waals surface area contributed by atoms with Crippen LogP contribution in [-0.2, 0) is 5.41 Å². The molecular weight excluding hydrogens is 226 g/mol. The van der Waals surface area contributed by atoms with Gasteiger partial charge in [-0.3, -0.25) is 0 Å². The second kappa shape index (κ2) is 3.82. The first-order chi connectivity index (χ1) is 7.51. The third-order valence-electron chi connectivity index (χ3n) is 3.47. The van der Waals surface area contributed by atoms with Gasteiger partial charge in [0.15, 0.2) is 0 Å². The van der Waals surface area contributed by atoms with Gasteiger partial charge in [-0.2, -0.15) is 0 Å². The summed E-state index contributed by atoms with van der Waals surface area (Å²) in [4.78, 5) is 0. The van der Waals surface area contributed by atoms with Gasteiger partial charge < -0.3 is 15.6 Å². The molecule has 1 atom stereocenters. The molecule has 1 aromatic rings. The molecule has 1 aliphatic carbocycles. The summed E-state index contributed by atoms with van der Waals surface area (Å²) in [5.41, 5.74) is 6.71. The Balaban J connectivity index is 2.47. The number of halogens is 1. The third-order valence-corrected chi connectivity index (χ3v) is 3.76. The zero-order valence-electron chi connectivity index (χ0n) is 9.46. The molecule has 0 radical (unpaired) electrons. The van der Waals surface area contributed by atoms with E-state index in [2.05, 4.69) is 0 Å². The average Bonchev–Trinajstić information content (AvgIpc) is 3.01. The van der Waals surface area contributed by atoms with Gasteiger partial charge in [0.05, 0.1) is 12.1 Å². The van der Waals surface area contributed by atoms with E-state index in [9.17, 15) is 5.11 Å². The first-order valence-electron chi connectivity index (χ1n) is 5.34. The molecule has 1 aliphatic rings. The van der Waals surface area contributed by atoms with Crippen LogP contribution in [0.1, 0.15) is 25.3 Å². The highest BCUT2D eigenvalue weighted by Gasteiger charge is 2.49. The average molecular weight is 242 g/mol. The lowest BCUT2D eigenvalue weighted by Crippen LogP contribution is -2.31. The van der Waals surface area contributed by atoms with Crippen molar-refractivity contribution in [2.24, 2.45) is 5.73 Å². The van der Waals surface area contributed by atoms with Gasteiger partial charge in [-0.25, -0.2) is 0 Å². The fraction of sp³-hybridized carbons (Fsp3) is 0.500. The second-order valence-electron chi connectivity index (χ2n) is 4.45. The summed E-state index contributed by atoms with van der Waals surface area (Å²) in [6.07, 6.45) is 2.00. The molecule has 0 aliphatic heterocycles. The van der Waals surface area contributed by atoms with Crippen molar-refractivity contribution in [1.82, 2.24) is 0 Å². The zero-order valence-corrected chi connectivity index (χ0v) is 10.2. The van der Waals surface area contributed by atoms with Gasteiger partial charge in [0.2, 0.25) is 0 Å². The number of phenols is 1. The number of hydrogen-bond donors (Lipinski definition) is 2. The van der Waals surface area contributed by atoms with Gasteiger partial charge >= 0.3 is 0 Å². The van der Waals surface area contributed by atoms with Crippen molar-refractivity contribution in [2.45, 2.75) is 31.2 Å². The predicted octanol–water partition coefficient (Wildman–Crippen LogP) is 2.43. The number of methoxy groups -OCH3 is 1. The number of phenolic OH excluding ortho intramolecular Hbond substituents is 1. The Morgan fingerprint density at radius 3 is 2.56 bits per heavy atom. The molecule has 1 aromatic carbocycles. The van der Waals surface area contributed by atoms with Crippen LogP contribution in [0.5, 0.6) is 11.5 Å². The first kappa shape index (κ1) is 11.6.